The standard InChI is InChI=1S/C16H15NO4S/c1-21-14-8-4-2-6-12(14)16(18)17-10-11-22(19,20)15-9-5-3-7-13(15)17/h2-9H,10-11H2,1H3. The van der Waals surface area contributed by atoms with Crippen molar-refractivity contribution in [1.82, 2.24) is 0 Å². The van der Waals surface area contributed by atoms with Crippen molar-refractivity contribution in [2.24, 2.45) is 0 Å². The van der Waals surface area contributed by atoms with Crippen LogP contribution in [0.25, 0.3) is 0 Å². The second kappa shape index (κ2) is 5.46. The van der Waals surface area contributed by atoms with Crippen molar-refractivity contribution in [2.75, 3.05) is 24.3 Å². The highest BCUT2D eigenvalue weighted by Crippen LogP contribution is 2.32. The van der Waals surface area contributed by atoms with Gasteiger partial charge in [0.15, 0.2) is 9.84 Å². The first-order chi connectivity index (χ1) is 10.5. The minimum Gasteiger partial charge on any atom is -0.496 e. The second-order valence-corrected chi connectivity index (χ2v) is 7.02. The van der Waals surface area contributed by atoms with E-state index in [0.29, 0.717) is 17.0 Å². The van der Waals surface area contributed by atoms with Crippen LogP contribution in [0.2, 0.25) is 0 Å². The summed E-state index contributed by atoms with van der Waals surface area (Å²) in [6.07, 6.45) is 0. The van der Waals surface area contributed by atoms with E-state index in [1.165, 1.54) is 18.1 Å². The Bertz CT molecular complexity index is 830. The highest BCUT2D eigenvalue weighted by atomic mass is 32.2. The summed E-state index contributed by atoms with van der Waals surface area (Å²) in [6, 6.07) is 13.5. The normalized spacial score (nSPS) is 16.0. The van der Waals surface area contributed by atoms with Crippen molar-refractivity contribution in [3.63, 3.8) is 0 Å². The number of carbonyl (C=O) groups excluding carboxylic acids is 1. The largest absolute Gasteiger partial charge is 0.496 e. The summed E-state index contributed by atoms with van der Waals surface area (Å²) < 4.78 is 29.5. The minimum absolute atomic E-state index is 0.0785. The van der Waals surface area contributed by atoms with E-state index >= 15 is 0 Å². The molecule has 0 radical (unpaired) electrons. The molecule has 1 heterocycles. The van der Waals surface area contributed by atoms with Crippen LogP contribution in [0.1, 0.15) is 10.4 Å². The first-order valence-electron chi connectivity index (χ1n) is 6.81. The third-order valence-corrected chi connectivity index (χ3v) is 5.39. The van der Waals surface area contributed by atoms with E-state index in [0.717, 1.165) is 0 Å². The lowest BCUT2D eigenvalue weighted by atomic mass is 10.1. The molecule has 114 valence electrons. The molecule has 0 fully saturated rings. The topological polar surface area (TPSA) is 63.7 Å². The van der Waals surface area contributed by atoms with Crippen LogP contribution >= 0.6 is 0 Å². The molecular weight excluding hydrogens is 302 g/mol. The van der Waals surface area contributed by atoms with Gasteiger partial charge in [-0.15, -0.1) is 0 Å². The van der Waals surface area contributed by atoms with Crippen LogP contribution in [0.4, 0.5) is 5.69 Å². The van der Waals surface area contributed by atoms with Gasteiger partial charge in [-0.25, -0.2) is 8.42 Å². The zero-order valence-corrected chi connectivity index (χ0v) is 12.8. The number of fused-ring (bicyclic) bond motifs is 1. The van der Waals surface area contributed by atoms with Crippen molar-refractivity contribution >= 4 is 21.4 Å². The second-order valence-electron chi connectivity index (χ2n) is 4.94. The summed E-state index contributed by atoms with van der Waals surface area (Å²) in [5.41, 5.74) is 0.837. The van der Waals surface area contributed by atoms with Gasteiger partial charge in [0, 0.05) is 6.54 Å². The third kappa shape index (κ3) is 2.35. The van der Waals surface area contributed by atoms with Crippen molar-refractivity contribution in [1.29, 1.82) is 0 Å². The van der Waals surface area contributed by atoms with Crippen molar-refractivity contribution < 1.29 is 17.9 Å². The van der Waals surface area contributed by atoms with Gasteiger partial charge in [0.25, 0.3) is 5.91 Å². The fourth-order valence-corrected chi connectivity index (χ4v) is 3.99. The molecule has 0 N–H and O–H groups in total. The van der Waals surface area contributed by atoms with Crippen LogP contribution in [0, 0.1) is 0 Å². The average Bonchev–Trinajstić information content (AvgIpc) is 2.54. The third-order valence-electron chi connectivity index (χ3n) is 3.66. The molecule has 0 bridgehead atoms. The lowest BCUT2D eigenvalue weighted by Gasteiger charge is -2.29. The maximum Gasteiger partial charge on any atom is 0.262 e. The molecule has 6 heteroatoms. The maximum absolute atomic E-state index is 12.8. The number of hydrogen-bond donors (Lipinski definition) is 0. The van der Waals surface area contributed by atoms with Crippen LogP contribution in [0.3, 0.4) is 0 Å². The average molecular weight is 317 g/mol. The molecule has 0 saturated heterocycles. The quantitative estimate of drug-likeness (QED) is 0.851. The molecule has 0 atom stereocenters. The minimum atomic E-state index is -3.33. The number of sulfone groups is 1. The number of para-hydroxylation sites is 2. The van der Waals surface area contributed by atoms with Gasteiger partial charge in [-0.2, -0.15) is 0 Å². The molecule has 0 saturated carbocycles. The number of ether oxygens (including phenoxy) is 1. The monoisotopic (exact) mass is 317 g/mol. The van der Waals surface area contributed by atoms with Crippen LogP contribution in [-0.2, 0) is 9.84 Å². The number of nitrogens with zero attached hydrogens (tertiary/aromatic N) is 1. The number of hydrogen-bond acceptors (Lipinski definition) is 4. The van der Waals surface area contributed by atoms with Crippen LogP contribution in [0.15, 0.2) is 53.4 Å². The zero-order valence-electron chi connectivity index (χ0n) is 12.0. The van der Waals surface area contributed by atoms with Crippen molar-refractivity contribution in [2.45, 2.75) is 4.90 Å². The van der Waals surface area contributed by atoms with Gasteiger partial charge in [-0.1, -0.05) is 24.3 Å². The van der Waals surface area contributed by atoms with E-state index in [1.54, 1.807) is 42.5 Å². The number of carbonyl (C=O) groups is 1. The Morgan fingerprint density at radius 2 is 1.77 bits per heavy atom. The fraction of sp³-hybridized carbons (Fsp3) is 0.188. The van der Waals surface area contributed by atoms with Crippen LogP contribution < -0.4 is 9.64 Å². The van der Waals surface area contributed by atoms with E-state index in [9.17, 15) is 13.2 Å². The number of methoxy groups -OCH3 is 1. The van der Waals surface area contributed by atoms with Gasteiger partial charge in [0.05, 0.1) is 29.0 Å². The van der Waals surface area contributed by atoms with Gasteiger partial charge in [-0.05, 0) is 24.3 Å². The first kappa shape index (κ1) is 14.6. The Hall–Kier alpha value is -2.34. The molecule has 5 nitrogen and oxygen atoms in total. The molecule has 2 aromatic carbocycles. The van der Waals surface area contributed by atoms with Crippen molar-refractivity contribution in [3.8, 4) is 5.75 Å². The maximum atomic E-state index is 12.8. The first-order valence-corrected chi connectivity index (χ1v) is 8.46. The van der Waals surface area contributed by atoms with E-state index in [1.807, 2.05) is 0 Å². The van der Waals surface area contributed by atoms with Gasteiger partial charge in [0.2, 0.25) is 0 Å². The molecule has 1 aliphatic heterocycles. The number of amides is 1. The fourth-order valence-electron chi connectivity index (χ4n) is 2.56. The zero-order chi connectivity index (χ0) is 15.7. The molecule has 0 unspecified atom stereocenters. The molecule has 1 aliphatic rings. The summed E-state index contributed by atoms with van der Waals surface area (Å²) in [7, 11) is -1.83. The summed E-state index contributed by atoms with van der Waals surface area (Å²) in [5.74, 6) is 0.128. The molecular formula is C16H15NO4S. The molecule has 22 heavy (non-hydrogen) atoms. The lowest BCUT2D eigenvalue weighted by Crippen LogP contribution is -2.39. The Balaban J connectivity index is 2.08. The lowest BCUT2D eigenvalue weighted by molar-refractivity contribution is 0.0984. The Morgan fingerprint density at radius 1 is 1.09 bits per heavy atom. The van der Waals surface area contributed by atoms with E-state index in [-0.39, 0.29) is 23.1 Å². The summed E-state index contributed by atoms with van der Waals surface area (Å²) in [5, 5.41) is 0. The van der Waals surface area contributed by atoms with Gasteiger partial charge in [-0.3, -0.25) is 4.79 Å². The van der Waals surface area contributed by atoms with Crippen LogP contribution in [-0.4, -0.2) is 33.7 Å². The van der Waals surface area contributed by atoms with E-state index < -0.39 is 9.84 Å². The van der Waals surface area contributed by atoms with Gasteiger partial charge >= 0.3 is 0 Å². The SMILES string of the molecule is COc1ccccc1C(=O)N1CCS(=O)(=O)c2ccccc21. The Morgan fingerprint density at radius 3 is 2.55 bits per heavy atom. The van der Waals surface area contributed by atoms with Crippen molar-refractivity contribution in [3.05, 3.63) is 54.1 Å². The predicted molar refractivity (Wildman–Crippen MR) is 83.2 cm³/mol. The molecule has 3 rings (SSSR count). The van der Waals surface area contributed by atoms with E-state index in [4.69, 9.17) is 4.74 Å². The Kier molecular flexibility index (Phi) is 3.62. The Labute approximate surface area is 129 Å². The van der Waals surface area contributed by atoms with Gasteiger partial charge in [0.1, 0.15) is 5.75 Å². The molecule has 2 aromatic rings. The number of rotatable bonds is 2. The predicted octanol–water partition coefficient (Wildman–Crippen LogP) is 2.13. The smallest absolute Gasteiger partial charge is 0.262 e. The highest BCUT2D eigenvalue weighted by Gasteiger charge is 2.32. The summed E-state index contributed by atoms with van der Waals surface area (Å²) in [4.78, 5) is 14.5. The molecule has 0 aromatic heterocycles. The van der Waals surface area contributed by atoms with Gasteiger partial charge < -0.3 is 9.64 Å². The highest BCUT2D eigenvalue weighted by molar-refractivity contribution is 7.91. The summed E-state index contributed by atoms with van der Waals surface area (Å²) in [6.45, 7) is 0.135. The number of benzene rings is 2. The molecule has 0 aliphatic carbocycles. The van der Waals surface area contributed by atoms with E-state index in [2.05, 4.69) is 0 Å². The summed E-state index contributed by atoms with van der Waals surface area (Å²) >= 11 is 0. The molecule has 1 amide bonds. The molecule has 0 spiro atoms. The number of anilines is 1. The van der Waals surface area contributed by atoms with Crippen LogP contribution in [0.5, 0.6) is 5.75 Å².